The fraction of sp³-hybridized carbons (Fsp3) is 0.286. The highest BCUT2D eigenvalue weighted by Gasteiger charge is 2.31. The van der Waals surface area contributed by atoms with Gasteiger partial charge in [-0.2, -0.15) is 0 Å². The number of aromatic nitrogens is 2. The van der Waals surface area contributed by atoms with Crippen LogP contribution < -0.4 is 4.74 Å². The van der Waals surface area contributed by atoms with Crippen LogP contribution in [0.3, 0.4) is 0 Å². The number of β-amino-alcohol motifs (C(OH)–C–C–N with tert-alkyl or cyclic N) is 1. The minimum atomic E-state index is -0.718. The maximum atomic E-state index is 12.5. The summed E-state index contributed by atoms with van der Waals surface area (Å²) in [5.74, 6) is 0.714. The first-order valence-corrected chi connectivity index (χ1v) is 9.04. The number of fused-ring (bicyclic) bond motifs is 1. The van der Waals surface area contributed by atoms with E-state index in [9.17, 15) is 9.90 Å². The first-order valence-electron chi connectivity index (χ1n) is 9.04. The topological polar surface area (TPSA) is 75.6 Å². The molecule has 0 bridgehead atoms. The lowest BCUT2D eigenvalue weighted by Gasteiger charge is -2.36. The Morgan fingerprint density at radius 2 is 1.93 bits per heavy atom. The predicted octanol–water partition coefficient (Wildman–Crippen LogP) is 2.21. The molecule has 0 spiro atoms. The Hall–Kier alpha value is -2.99. The number of ether oxygens (including phenoxy) is 1. The van der Waals surface area contributed by atoms with Crippen molar-refractivity contribution in [3.63, 3.8) is 0 Å². The van der Waals surface area contributed by atoms with E-state index in [0.717, 1.165) is 16.3 Å². The lowest BCUT2D eigenvalue weighted by molar-refractivity contribution is -0.136. The second-order valence-corrected chi connectivity index (χ2v) is 6.77. The van der Waals surface area contributed by atoms with Gasteiger partial charge in [-0.15, -0.1) is 0 Å². The maximum Gasteiger partial charge on any atom is 0.227 e. The molecule has 27 heavy (non-hydrogen) atoms. The van der Waals surface area contributed by atoms with E-state index in [1.807, 2.05) is 36.4 Å². The second-order valence-electron chi connectivity index (χ2n) is 6.77. The predicted molar refractivity (Wildman–Crippen MR) is 101 cm³/mol. The van der Waals surface area contributed by atoms with Crippen LogP contribution >= 0.6 is 0 Å². The number of likely N-dealkylation sites (tertiary alicyclic amines) is 1. The van der Waals surface area contributed by atoms with Crippen molar-refractivity contribution in [1.29, 1.82) is 0 Å². The Morgan fingerprint density at radius 3 is 2.74 bits per heavy atom. The third kappa shape index (κ3) is 4.06. The van der Waals surface area contributed by atoms with E-state index < -0.39 is 6.10 Å². The molecule has 0 radical (unpaired) electrons. The summed E-state index contributed by atoms with van der Waals surface area (Å²) >= 11 is 0. The zero-order valence-corrected chi connectivity index (χ0v) is 14.9. The Kier molecular flexibility index (Phi) is 4.98. The molecule has 1 aliphatic heterocycles. The summed E-state index contributed by atoms with van der Waals surface area (Å²) in [5.41, 5.74) is 0.924. The molecule has 1 aliphatic rings. The van der Waals surface area contributed by atoms with E-state index in [-0.39, 0.29) is 18.6 Å². The molecule has 138 valence electrons. The summed E-state index contributed by atoms with van der Waals surface area (Å²) in [6.45, 7) is 0.852. The number of benzene rings is 1. The van der Waals surface area contributed by atoms with Crippen LogP contribution in [-0.4, -0.2) is 51.2 Å². The van der Waals surface area contributed by atoms with E-state index in [4.69, 9.17) is 4.74 Å². The van der Waals surface area contributed by atoms with Crippen molar-refractivity contribution in [2.24, 2.45) is 0 Å². The van der Waals surface area contributed by atoms with Gasteiger partial charge in [-0.1, -0.05) is 6.07 Å². The molecule has 3 aromatic rings. The number of nitrogens with zero attached hydrogens (tertiary/aromatic N) is 3. The molecule has 2 atom stereocenters. The average Bonchev–Trinajstić information content (AvgIpc) is 2.70. The summed E-state index contributed by atoms with van der Waals surface area (Å²) in [6.07, 6.45) is 6.76. The van der Waals surface area contributed by atoms with E-state index in [1.54, 1.807) is 29.7 Å². The summed E-state index contributed by atoms with van der Waals surface area (Å²) < 4.78 is 6.00. The number of amides is 1. The molecule has 2 aromatic heterocycles. The van der Waals surface area contributed by atoms with Gasteiger partial charge in [0, 0.05) is 43.1 Å². The Morgan fingerprint density at radius 1 is 1.11 bits per heavy atom. The zero-order valence-electron chi connectivity index (χ0n) is 14.9. The van der Waals surface area contributed by atoms with Gasteiger partial charge in [0.25, 0.3) is 0 Å². The van der Waals surface area contributed by atoms with Gasteiger partial charge in [0.1, 0.15) is 18.0 Å². The van der Waals surface area contributed by atoms with Gasteiger partial charge in [0.15, 0.2) is 0 Å². The summed E-state index contributed by atoms with van der Waals surface area (Å²) in [7, 11) is 0. The Labute approximate surface area is 157 Å². The quantitative estimate of drug-likeness (QED) is 0.769. The van der Waals surface area contributed by atoms with E-state index in [0.29, 0.717) is 25.1 Å². The number of piperidine rings is 1. The minimum Gasteiger partial charge on any atom is -0.488 e. The van der Waals surface area contributed by atoms with Gasteiger partial charge in [0.2, 0.25) is 5.91 Å². The number of aliphatic hydroxyl groups excluding tert-OH is 1. The molecule has 0 aliphatic carbocycles. The number of aliphatic hydroxyl groups is 1. The van der Waals surface area contributed by atoms with Crippen LogP contribution in [0.5, 0.6) is 5.75 Å². The monoisotopic (exact) mass is 363 g/mol. The average molecular weight is 363 g/mol. The molecule has 0 saturated carbocycles. The molecular formula is C21H21N3O3. The van der Waals surface area contributed by atoms with Crippen LogP contribution in [0.4, 0.5) is 0 Å². The molecule has 1 saturated heterocycles. The highest BCUT2D eigenvalue weighted by Crippen LogP contribution is 2.24. The van der Waals surface area contributed by atoms with Crippen LogP contribution in [0.25, 0.3) is 10.8 Å². The molecule has 0 unspecified atom stereocenters. The molecule has 6 heteroatoms. The molecule has 1 N–H and O–H groups in total. The maximum absolute atomic E-state index is 12.5. The fourth-order valence-electron chi connectivity index (χ4n) is 3.37. The number of rotatable bonds is 4. The number of hydrogen-bond donors (Lipinski definition) is 1. The van der Waals surface area contributed by atoms with Crippen LogP contribution in [0.2, 0.25) is 0 Å². The molecule has 4 rings (SSSR count). The third-order valence-electron chi connectivity index (χ3n) is 4.88. The lowest BCUT2D eigenvalue weighted by atomic mass is 10.0. The highest BCUT2D eigenvalue weighted by molar-refractivity contribution is 5.82. The molecular weight excluding hydrogens is 342 g/mol. The first kappa shape index (κ1) is 17.4. The number of carbonyl (C=O) groups is 1. The highest BCUT2D eigenvalue weighted by atomic mass is 16.5. The van der Waals surface area contributed by atoms with Gasteiger partial charge in [-0.25, -0.2) is 0 Å². The van der Waals surface area contributed by atoms with Crippen molar-refractivity contribution in [1.82, 2.24) is 14.9 Å². The third-order valence-corrected chi connectivity index (χ3v) is 4.88. The van der Waals surface area contributed by atoms with Crippen LogP contribution in [0.1, 0.15) is 12.0 Å². The van der Waals surface area contributed by atoms with Crippen molar-refractivity contribution in [3.05, 3.63) is 66.7 Å². The number of hydrogen-bond acceptors (Lipinski definition) is 5. The van der Waals surface area contributed by atoms with Crippen molar-refractivity contribution in [2.75, 3.05) is 13.1 Å². The summed E-state index contributed by atoms with van der Waals surface area (Å²) in [6, 6.07) is 11.4. The summed E-state index contributed by atoms with van der Waals surface area (Å²) in [5, 5.41) is 12.6. The molecule has 1 fully saturated rings. The smallest absolute Gasteiger partial charge is 0.227 e. The van der Waals surface area contributed by atoms with Gasteiger partial charge in [-0.3, -0.25) is 14.8 Å². The zero-order chi connectivity index (χ0) is 18.6. The van der Waals surface area contributed by atoms with Crippen LogP contribution in [-0.2, 0) is 11.2 Å². The van der Waals surface area contributed by atoms with Gasteiger partial charge < -0.3 is 14.7 Å². The first-order chi connectivity index (χ1) is 13.2. The standard InChI is InChI=1S/C21H21N3O3/c25-19-14-24(21(26)11-15-3-7-22-8-4-15)10-6-20(19)27-18-2-1-16-5-9-23-13-17(16)12-18/h1-5,7-9,12-13,19-20,25H,6,10-11,14H2/t19-,20-/m1/s1. The number of pyridine rings is 2. The lowest BCUT2D eigenvalue weighted by Crippen LogP contribution is -2.51. The fourth-order valence-corrected chi connectivity index (χ4v) is 3.37. The molecule has 1 aromatic carbocycles. The Balaban J connectivity index is 1.37. The van der Waals surface area contributed by atoms with Gasteiger partial charge in [-0.05, 0) is 41.3 Å². The second kappa shape index (κ2) is 7.72. The molecule has 3 heterocycles. The van der Waals surface area contributed by atoms with Crippen molar-refractivity contribution in [3.8, 4) is 5.75 Å². The van der Waals surface area contributed by atoms with E-state index in [2.05, 4.69) is 9.97 Å². The molecule has 6 nitrogen and oxygen atoms in total. The normalized spacial score (nSPS) is 19.8. The molecule has 1 amide bonds. The van der Waals surface area contributed by atoms with Crippen molar-refractivity contribution in [2.45, 2.75) is 25.0 Å². The van der Waals surface area contributed by atoms with Gasteiger partial charge >= 0.3 is 0 Å². The largest absolute Gasteiger partial charge is 0.488 e. The minimum absolute atomic E-state index is 0.00970. The van der Waals surface area contributed by atoms with Crippen molar-refractivity contribution < 1.29 is 14.6 Å². The Bertz CT molecular complexity index is 932. The van der Waals surface area contributed by atoms with Crippen LogP contribution in [0, 0.1) is 0 Å². The van der Waals surface area contributed by atoms with Gasteiger partial charge in [0.05, 0.1) is 13.0 Å². The van der Waals surface area contributed by atoms with Crippen molar-refractivity contribution >= 4 is 16.7 Å². The van der Waals surface area contributed by atoms with E-state index >= 15 is 0 Å². The SMILES string of the molecule is O=C(Cc1ccncc1)N1CC[C@@H](Oc2ccc3ccncc3c2)[C@H](O)C1. The summed E-state index contributed by atoms with van der Waals surface area (Å²) in [4.78, 5) is 22.3. The van der Waals surface area contributed by atoms with E-state index in [1.165, 1.54) is 0 Å². The van der Waals surface area contributed by atoms with Crippen LogP contribution in [0.15, 0.2) is 61.2 Å². The number of carbonyl (C=O) groups excluding carboxylic acids is 1.